The van der Waals surface area contributed by atoms with E-state index in [4.69, 9.17) is 5.73 Å². The van der Waals surface area contributed by atoms with Crippen molar-refractivity contribution in [2.45, 2.75) is 26.6 Å². The lowest BCUT2D eigenvalue weighted by Crippen LogP contribution is -2.22. The Morgan fingerprint density at radius 3 is 2.50 bits per heavy atom. The van der Waals surface area contributed by atoms with E-state index in [2.05, 4.69) is 20.5 Å². The van der Waals surface area contributed by atoms with Crippen LogP contribution in [0.5, 0.6) is 0 Å². The smallest absolute Gasteiger partial charge is 0.365 e. The normalized spacial score (nSPS) is 11.7. The molecule has 2 amide bonds. The van der Waals surface area contributed by atoms with E-state index < -0.39 is 41.0 Å². The second-order valence-corrected chi connectivity index (χ2v) is 8.78. The number of carbonyl (C=O) groups excluding carboxylic acids is 2. The number of aromatic nitrogens is 5. The third-order valence-corrected chi connectivity index (χ3v) is 6.43. The van der Waals surface area contributed by atoms with Crippen molar-refractivity contribution in [2.24, 2.45) is 12.8 Å². The first kappa shape index (κ1) is 24.8. The van der Waals surface area contributed by atoms with Crippen LogP contribution in [0.15, 0.2) is 18.3 Å². The average molecular weight is 522 g/mol. The van der Waals surface area contributed by atoms with Crippen LogP contribution in [0.3, 0.4) is 0 Å². The molecule has 4 aromatic heterocycles. The quantitative estimate of drug-likeness (QED) is 0.290. The third kappa shape index (κ3) is 4.37. The number of pyridine rings is 1. The Bertz CT molecular complexity index is 1550. The van der Waals surface area contributed by atoms with Crippen molar-refractivity contribution in [3.8, 4) is 11.1 Å². The van der Waals surface area contributed by atoms with E-state index in [0.29, 0.717) is 28.3 Å². The summed E-state index contributed by atoms with van der Waals surface area (Å²) in [4.78, 5) is 38.8. The van der Waals surface area contributed by atoms with Gasteiger partial charge >= 0.3 is 12.0 Å². The van der Waals surface area contributed by atoms with Gasteiger partial charge in [0.15, 0.2) is 6.54 Å². The van der Waals surface area contributed by atoms with E-state index in [1.807, 2.05) is 0 Å². The van der Waals surface area contributed by atoms with Gasteiger partial charge in [0.25, 0.3) is 11.8 Å². The Balaban J connectivity index is 1.90. The molecular weight excluding hydrogens is 505 g/mol. The molecule has 0 aliphatic rings. The molecule has 188 valence electrons. The highest BCUT2D eigenvalue weighted by Gasteiger charge is 2.35. The number of hydrogen-bond donors (Lipinski definition) is 2. The number of rotatable bonds is 6. The number of nitro groups is 1. The Morgan fingerprint density at radius 1 is 1.25 bits per heavy atom. The number of primary amides is 1. The number of nitrogens with one attached hydrogen (secondary N) is 1. The molecule has 36 heavy (non-hydrogen) atoms. The molecule has 0 bridgehead atoms. The van der Waals surface area contributed by atoms with Crippen LogP contribution in [0.25, 0.3) is 21.3 Å². The van der Waals surface area contributed by atoms with Crippen LogP contribution in [-0.2, 0) is 24.6 Å². The molecule has 0 aliphatic heterocycles. The van der Waals surface area contributed by atoms with Crippen LogP contribution in [0, 0.1) is 24.0 Å². The summed E-state index contributed by atoms with van der Waals surface area (Å²) in [5.41, 5.74) is 5.27. The van der Waals surface area contributed by atoms with Gasteiger partial charge in [0, 0.05) is 23.7 Å². The predicted molar refractivity (Wildman–Crippen MR) is 122 cm³/mol. The predicted octanol–water partition coefficient (Wildman–Crippen LogP) is 3.17. The zero-order valence-electron chi connectivity index (χ0n) is 18.9. The van der Waals surface area contributed by atoms with E-state index in [0.717, 1.165) is 10.7 Å². The fourth-order valence-corrected chi connectivity index (χ4v) is 4.63. The van der Waals surface area contributed by atoms with Gasteiger partial charge in [-0.3, -0.25) is 14.3 Å². The fraction of sp³-hybridized carbons (Fsp3) is 0.250. The van der Waals surface area contributed by atoms with E-state index in [9.17, 15) is 32.9 Å². The number of halogens is 3. The minimum Gasteiger partial charge on any atom is -0.365 e. The molecule has 3 N–H and O–H groups in total. The van der Waals surface area contributed by atoms with E-state index in [1.54, 1.807) is 14.0 Å². The van der Waals surface area contributed by atoms with Gasteiger partial charge in [0.2, 0.25) is 0 Å². The summed E-state index contributed by atoms with van der Waals surface area (Å²) in [6.07, 6.45) is -3.44. The van der Waals surface area contributed by atoms with Gasteiger partial charge in [-0.2, -0.15) is 18.3 Å². The summed E-state index contributed by atoms with van der Waals surface area (Å²) in [5.74, 6) is -2.26. The van der Waals surface area contributed by atoms with Crippen LogP contribution < -0.4 is 11.1 Å². The van der Waals surface area contributed by atoms with E-state index >= 15 is 0 Å². The van der Waals surface area contributed by atoms with E-state index in [-0.39, 0.29) is 26.3 Å². The lowest BCUT2D eigenvalue weighted by Gasteiger charge is -2.12. The zero-order valence-corrected chi connectivity index (χ0v) is 19.7. The van der Waals surface area contributed by atoms with Crippen molar-refractivity contribution in [3.05, 3.63) is 50.4 Å². The Labute approximate surface area is 203 Å². The second kappa shape index (κ2) is 8.71. The van der Waals surface area contributed by atoms with Gasteiger partial charge in [0.1, 0.15) is 15.4 Å². The van der Waals surface area contributed by atoms with Crippen molar-refractivity contribution in [1.29, 1.82) is 0 Å². The lowest BCUT2D eigenvalue weighted by molar-refractivity contribution is -0.392. The monoisotopic (exact) mass is 522 g/mol. The summed E-state index contributed by atoms with van der Waals surface area (Å²) < 4.78 is 43.2. The minimum atomic E-state index is -4.80. The zero-order chi connectivity index (χ0) is 26.5. The van der Waals surface area contributed by atoms with Gasteiger partial charge in [-0.15, -0.1) is 16.0 Å². The van der Waals surface area contributed by atoms with Gasteiger partial charge < -0.3 is 21.2 Å². The first-order chi connectivity index (χ1) is 16.8. The summed E-state index contributed by atoms with van der Waals surface area (Å²) in [6.45, 7) is 2.54. The lowest BCUT2D eigenvalue weighted by atomic mass is 10.0. The maximum atomic E-state index is 13.6. The van der Waals surface area contributed by atoms with Crippen LogP contribution in [-0.4, -0.2) is 41.3 Å². The van der Waals surface area contributed by atoms with Crippen molar-refractivity contribution in [1.82, 2.24) is 24.5 Å². The molecule has 4 rings (SSSR count). The molecule has 0 fully saturated rings. The van der Waals surface area contributed by atoms with Crippen molar-refractivity contribution in [3.63, 3.8) is 0 Å². The SMILES string of the molecule is Cc1cc([N+](=O)[O-])n(CC(=O)Nc2c(C(N)=O)sc3nc(C(F)(F)F)cc(-c4cnn(C)c4C)c23)n1. The highest BCUT2D eigenvalue weighted by molar-refractivity contribution is 7.21. The third-order valence-electron chi connectivity index (χ3n) is 5.33. The maximum absolute atomic E-state index is 13.6. The Morgan fingerprint density at radius 2 is 1.94 bits per heavy atom. The number of nitrogens with two attached hydrogens (primary N) is 1. The molecule has 12 nitrogen and oxygen atoms in total. The molecule has 0 aromatic carbocycles. The number of fused-ring (bicyclic) bond motifs is 1. The Hall–Kier alpha value is -4.34. The van der Waals surface area contributed by atoms with E-state index in [1.165, 1.54) is 23.9 Å². The number of carbonyl (C=O) groups is 2. The fourth-order valence-electron chi connectivity index (χ4n) is 3.62. The van der Waals surface area contributed by atoms with Crippen molar-refractivity contribution < 1.29 is 27.7 Å². The Kier molecular flexibility index (Phi) is 5.99. The standard InChI is InChI=1S/C20H17F3N8O4S/c1-8-4-14(31(34)35)30(28-8)7-13(32)27-16-15-10(11-6-25-29(3)9(11)2)5-12(20(21,22)23)26-19(15)36-17(16)18(24)33/h4-6H,7H2,1-3H3,(H2,24,33)(H,27,32). The summed E-state index contributed by atoms with van der Waals surface area (Å²) >= 11 is 0.586. The first-order valence-corrected chi connectivity index (χ1v) is 10.9. The molecule has 16 heteroatoms. The van der Waals surface area contributed by atoms with Gasteiger partial charge in [-0.25, -0.2) is 4.98 Å². The number of thiophene rings is 1. The van der Waals surface area contributed by atoms with Gasteiger partial charge in [-0.05, 0) is 30.4 Å². The van der Waals surface area contributed by atoms with Crippen molar-refractivity contribution in [2.75, 3.05) is 5.32 Å². The van der Waals surface area contributed by atoms with Crippen LogP contribution in [0.4, 0.5) is 24.7 Å². The molecular formula is C20H17F3N8O4S. The van der Waals surface area contributed by atoms with Gasteiger partial charge in [-0.1, -0.05) is 5.10 Å². The summed E-state index contributed by atoms with van der Waals surface area (Å²) in [7, 11) is 1.60. The van der Waals surface area contributed by atoms with Crippen LogP contribution >= 0.6 is 11.3 Å². The minimum absolute atomic E-state index is 0.0258. The summed E-state index contributed by atoms with van der Waals surface area (Å²) in [5, 5.41) is 21.8. The number of amides is 2. The number of hydrogen-bond acceptors (Lipinski definition) is 8. The molecule has 0 saturated heterocycles. The highest BCUT2D eigenvalue weighted by Crippen LogP contribution is 2.44. The molecule has 0 atom stereocenters. The number of nitrogens with zero attached hydrogens (tertiary/aromatic N) is 6. The largest absolute Gasteiger partial charge is 0.433 e. The number of alkyl halides is 3. The molecule has 0 radical (unpaired) electrons. The van der Waals surface area contributed by atoms with Crippen LogP contribution in [0.2, 0.25) is 0 Å². The van der Waals surface area contributed by atoms with Gasteiger partial charge in [0.05, 0.1) is 23.6 Å². The molecule has 4 heterocycles. The molecule has 0 unspecified atom stereocenters. The highest BCUT2D eigenvalue weighted by atomic mass is 32.1. The molecule has 0 saturated carbocycles. The van der Waals surface area contributed by atoms with Crippen LogP contribution in [0.1, 0.15) is 26.8 Å². The average Bonchev–Trinajstić information content (AvgIpc) is 3.42. The maximum Gasteiger partial charge on any atom is 0.433 e. The van der Waals surface area contributed by atoms with Crippen molar-refractivity contribution >= 4 is 44.9 Å². The number of aryl methyl sites for hydroxylation is 2. The second-order valence-electron chi connectivity index (χ2n) is 7.78. The number of anilines is 1. The topological polar surface area (TPSA) is 164 Å². The molecule has 0 aliphatic carbocycles. The molecule has 4 aromatic rings. The first-order valence-electron chi connectivity index (χ1n) is 10.1. The summed E-state index contributed by atoms with van der Waals surface area (Å²) in [6, 6.07) is 1.98. The molecule has 0 spiro atoms.